The summed E-state index contributed by atoms with van der Waals surface area (Å²) in [7, 11) is 0. The summed E-state index contributed by atoms with van der Waals surface area (Å²) in [6.45, 7) is 0. The highest BCUT2D eigenvalue weighted by atomic mass is 16.3. The molecule has 0 aliphatic heterocycles. The fourth-order valence-electron chi connectivity index (χ4n) is 9.42. The molecule has 0 saturated heterocycles. The van der Waals surface area contributed by atoms with Gasteiger partial charge in [0.05, 0.1) is 5.69 Å². The Morgan fingerprint density at radius 2 is 0.823 bits per heavy atom. The number of hydrogen-bond acceptors (Lipinski definition) is 2. The second-order valence-corrected chi connectivity index (χ2v) is 16.1. The summed E-state index contributed by atoms with van der Waals surface area (Å²) in [5, 5.41) is 9.51. The Labute approximate surface area is 360 Å². The van der Waals surface area contributed by atoms with Crippen LogP contribution in [0.1, 0.15) is 0 Å². The maximum Gasteiger partial charge on any atom is 0.143 e. The topological polar surface area (TPSA) is 16.4 Å². The van der Waals surface area contributed by atoms with Gasteiger partial charge in [-0.1, -0.05) is 182 Å². The molecule has 290 valence electrons. The van der Waals surface area contributed by atoms with Crippen molar-refractivity contribution in [3.8, 4) is 44.5 Å². The zero-order chi connectivity index (χ0) is 41.0. The van der Waals surface area contributed by atoms with Crippen LogP contribution in [0, 0.1) is 0 Å². The van der Waals surface area contributed by atoms with E-state index in [0.29, 0.717) is 0 Å². The zero-order valence-corrected chi connectivity index (χ0v) is 33.9. The number of nitrogens with zero attached hydrogens (tertiary/aromatic N) is 1. The standard InChI is InChI=1S/C60H39NO/c1-2-15-45-38-47(27-26-40(45)12-1)42-30-35-50(36-31-42)61(49-33-28-41(29-34-49)46-17-9-18-48(39-46)52-22-10-16-43-13-3-5-19-51(43)52)57-24-8-7-21-54(57)55-23-11-25-58-59(55)56-37-32-44-14-4-6-20-53(44)60(56)62-58/h1-39H. The molecule has 62 heavy (non-hydrogen) atoms. The molecule has 0 fully saturated rings. The maximum absolute atomic E-state index is 6.68. The lowest BCUT2D eigenvalue weighted by molar-refractivity contribution is 0.673. The van der Waals surface area contributed by atoms with E-state index >= 15 is 0 Å². The van der Waals surface area contributed by atoms with Gasteiger partial charge in [0, 0.05) is 33.1 Å². The third-order valence-corrected chi connectivity index (χ3v) is 12.5. The number of para-hydroxylation sites is 1. The minimum absolute atomic E-state index is 0.880. The molecule has 0 N–H and O–H groups in total. The van der Waals surface area contributed by atoms with E-state index in [-0.39, 0.29) is 0 Å². The summed E-state index contributed by atoms with van der Waals surface area (Å²) in [6, 6.07) is 85.5. The lowest BCUT2D eigenvalue weighted by atomic mass is 9.95. The molecule has 12 rings (SSSR count). The molecule has 1 heterocycles. The number of hydrogen-bond donors (Lipinski definition) is 0. The molecule has 0 spiro atoms. The minimum atomic E-state index is 0.880. The van der Waals surface area contributed by atoms with Crippen LogP contribution < -0.4 is 4.90 Å². The van der Waals surface area contributed by atoms with Crippen LogP contribution in [0.3, 0.4) is 0 Å². The SMILES string of the molecule is c1cc(-c2ccc(N(c3ccc(-c4ccc5ccccc5c4)cc3)c3ccccc3-c3cccc4oc5c6ccccc6ccc5c34)cc2)cc(-c2cccc3ccccc23)c1. The highest BCUT2D eigenvalue weighted by Gasteiger charge is 2.21. The first kappa shape index (κ1) is 35.7. The quantitative estimate of drug-likeness (QED) is 0.160. The summed E-state index contributed by atoms with van der Waals surface area (Å²) in [6.07, 6.45) is 0. The van der Waals surface area contributed by atoms with Crippen molar-refractivity contribution in [3.63, 3.8) is 0 Å². The predicted molar refractivity (Wildman–Crippen MR) is 263 cm³/mol. The molecule has 1 aromatic heterocycles. The molecular weight excluding hydrogens is 751 g/mol. The molecule has 0 radical (unpaired) electrons. The van der Waals surface area contributed by atoms with E-state index in [4.69, 9.17) is 4.42 Å². The van der Waals surface area contributed by atoms with E-state index in [1.165, 1.54) is 54.7 Å². The Morgan fingerprint density at radius 1 is 0.290 bits per heavy atom. The monoisotopic (exact) mass is 789 g/mol. The van der Waals surface area contributed by atoms with Crippen molar-refractivity contribution in [2.45, 2.75) is 0 Å². The maximum atomic E-state index is 6.68. The first-order valence-corrected chi connectivity index (χ1v) is 21.2. The average Bonchev–Trinajstić information content (AvgIpc) is 3.74. The van der Waals surface area contributed by atoms with Crippen molar-refractivity contribution in [1.82, 2.24) is 0 Å². The van der Waals surface area contributed by atoms with Gasteiger partial charge < -0.3 is 9.32 Å². The van der Waals surface area contributed by atoms with Gasteiger partial charge in [-0.25, -0.2) is 0 Å². The molecule has 0 unspecified atom stereocenters. The van der Waals surface area contributed by atoms with Gasteiger partial charge in [0.1, 0.15) is 11.2 Å². The van der Waals surface area contributed by atoms with Crippen LogP contribution in [0.25, 0.3) is 98.8 Å². The van der Waals surface area contributed by atoms with Crippen LogP contribution in [-0.4, -0.2) is 0 Å². The van der Waals surface area contributed by atoms with E-state index in [0.717, 1.165) is 61.1 Å². The van der Waals surface area contributed by atoms with Crippen LogP contribution in [0.5, 0.6) is 0 Å². The Balaban J connectivity index is 0.993. The summed E-state index contributed by atoms with van der Waals surface area (Å²) in [5.74, 6) is 0. The molecule has 12 aromatic rings. The fraction of sp³-hybridized carbons (Fsp3) is 0. The predicted octanol–water partition coefficient (Wildman–Crippen LogP) is 17.2. The van der Waals surface area contributed by atoms with Crippen molar-refractivity contribution in [2.24, 2.45) is 0 Å². The second-order valence-electron chi connectivity index (χ2n) is 16.1. The highest BCUT2D eigenvalue weighted by molar-refractivity contribution is 6.19. The Bertz CT molecular complexity index is 3630. The summed E-state index contributed by atoms with van der Waals surface area (Å²) < 4.78 is 6.68. The molecule has 2 heteroatoms. The molecule has 2 nitrogen and oxygen atoms in total. The first-order chi connectivity index (χ1) is 30.7. The average molecular weight is 790 g/mol. The van der Waals surface area contributed by atoms with Gasteiger partial charge in [-0.15, -0.1) is 0 Å². The number of anilines is 3. The minimum Gasteiger partial charge on any atom is -0.455 e. The van der Waals surface area contributed by atoms with E-state index < -0.39 is 0 Å². The van der Waals surface area contributed by atoms with Gasteiger partial charge >= 0.3 is 0 Å². The number of fused-ring (bicyclic) bond motifs is 7. The van der Waals surface area contributed by atoms with Crippen molar-refractivity contribution in [3.05, 3.63) is 237 Å². The van der Waals surface area contributed by atoms with Crippen molar-refractivity contribution in [1.29, 1.82) is 0 Å². The summed E-state index contributed by atoms with van der Waals surface area (Å²) >= 11 is 0. The van der Waals surface area contributed by atoms with Gasteiger partial charge in [0.15, 0.2) is 0 Å². The van der Waals surface area contributed by atoms with Gasteiger partial charge in [-0.2, -0.15) is 0 Å². The van der Waals surface area contributed by atoms with Gasteiger partial charge in [0.2, 0.25) is 0 Å². The van der Waals surface area contributed by atoms with Crippen LogP contribution in [-0.2, 0) is 0 Å². The molecule has 0 bridgehead atoms. The van der Waals surface area contributed by atoms with E-state index in [9.17, 15) is 0 Å². The van der Waals surface area contributed by atoms with Crippen LogP contribution in [0.15, 0.2) is 241 Å². The lowest BCUT2D eigenvalue weighted by Gasteiger charge is -2.28. The van der Waals surface area contributed by atoms with Crippen LogP contribution in [0.2, 0.25) is 0 Å². The van der Waals surface area contributed by atoms with Gasteiger partial charge in [-0.3, -0.25) is 0 Å². The van der Waals surface area contributed by atoms with Crippen molar-refractivity contribution < 1.29 is 4.42 Å². The molecule has 0 amide bonds. The normalized spacial score (nSPS) is 11.5. The first-order valence-electron chi connectivity index (χ1n) is 21.2. The molecule has 0 aliphatic carbocycles. The zero-order valence-electron chi connectivity index (χ0n) is 33.9. The van der Waals surface area contributed by atoms with Gasteiger partial charge in [0.25, 0.3) is 0 Å². The molecule has 0 saturated carbocycles. The van der Waals surface area contributed by atoms with E-state index in [2.05, 4.69) is 241 Å². The molecule has 0 atom stereocenters. The largest absolute Gasteiger partial charge is 0.455 e. The Hall–Kier alpha value is -8.20. The van der Waals surface area contributed by atoms with Crippen molar-refractivity contribution in [2.75, 3.05) is 4.90 Å². The highest BCUT2D eigenvalue weighted by Crippen LogP contribution is 2.46. The smallest absolute Gasteiger partial charge is 0.143 e. The Kier molecular flexibility index (Phi) is 8.53. The molecule has 0 aliphatic rings. The number of furan rings is 1. The van der Waals surface area contributed by atoms with E-state index in [1.807, 2.05) is 0 Å². The fourth-order valence-corrected chi connectivity index (χ4v) is 9.42. The summed E-state index contributed by atoms with van der Waals surface area (Å²) in [5.41, 5.74) is 14.4. The lowest BCUT2D eigenvalue weighted by Crippen LogP contribution is -2.11. The van der Waals surface area contributed by atoms with Crippen LogP contribution >= 0.6 is 0 Å². The van der Waals surface area contributed by atoms with Crippen LogP contribution in [0.4, 0.5) is 17.1 Å². The molecular formula is C60H39NO. The van der Waals surface area contributed by atoms with Crippen molar-refractivity contribution >= 4 is 71.3 Å². The molecule has 11 aromatic carbocycles. The third-order valence-electron chi connectivity index (χ3n) is 12.5. The third kappa shape index (κ3) is 6.12. The van der Waals surface area contributed by atoms with Gasteiger partial charge in [-0.05, 0) is 120 Å². The number of rotatable bonds is 7. The summed E-state index contributed by atoms with van der Waals surface area (Å²) in [4.78, 5) is 2.40. The van der Waals surface area contributed by atoms with E-state index in [1.54, 1.807) is 0 Å². The number of benzene rings is 11. The second kappa shape index (κ2) is 14.8. The Morgan fingerprint density at radius 3 is 1.61 bits per heavy atom.